The number of halogens is 1. The minimum atomic E-state index is -0.491. The molecule has 0 fully saturated rings. The fourth-order valence-corrected chi connectivity index (χ4v) is 2.20. The third-order valence-electron chi connectivity index (χ3n) is 3.21. The number of ketones is 1. The van der Waals surface area contributed by atoms with E-state index in [-0.39, 0.29) is 12.2 Å². The molecule has 0 aliphatic carbocycles. The van der Waals surface area contributed by atoms with Crippen molar-refractivity contribution in [1.29, 1.82) is 0 Å². The first-order valence-corrected chi connectivity index (χ1v) is 6.34. The summed E-state index contributed by atoms with van der Waals surface area (Å²) in [5.41, 5.74) is 1.22. The van der Waals surface area contributed by atoms with E-state index in [1.54, 1.807) is 0 Å². The van der Waals surface area contributed by atoms with E-state index >= 15 is 0 Å². The Balaban J connectivity index is 1.87. The molecule has 0 radical (unpaired) electrons. The Kier molecular flexibility index (Phi) is 3.25. The molecular formula is C17H12FNO. The van der Waals surface area contributed by atoms with Crippen LogP contribution in [0.2, 0.25) is 0 Å². The van der Waals surface area contributed by atoms with E-state index in [2.05, 4.69) is 4.98 Å². The summed E-state index contributed by atoms with van der Waals surface area (Å²) in [6, 6.07) is 15.1. The average Bonchev–Trinajstić information content (AvgIpc) is 2.47. The van der Waals surface area contributed by atoms with Gasteiger partial charge >= 0.3 is 0 Å². The summed E-state index contributed by atoms with van der Waals surface area (Å²) in [5.74, 6) is -0.623. The highest BCUT2D eigenvalue weighted by Gasteiger charge is 2.09. The maximum absolute atomic E-state index is 13.1. The molecule has 0 N–H and O–H groups in total. The van der Waals surface area contributed by atoms with Crippen LogP contribution in [0.3, 0.4) is 0 Å². The Labute approximate surface area is 115 Å². The number of hydrogen-bond donors (Lipinski definition) is 0. The second kappa shape index (κ2) is 5.21. The number of carbonyl (C=O) groups excluding carboxylic acids is 1. The lowest BCUT2D eigenvalue weighted by Gasteiger charge is -2.04. The quantitative estimate of drug-likeness (QED) is 0.674. The van der Waals surface area contributed by atoms with Gasteiger partial charge in [-0.25, -0.2) is 4.39 Å². The Morgan fingerprint density at radius 3 is 2.60 bits per heavy atom. The van der Waals surface area contributed by atoms with Crippen LogP contribution in [0.25, 0.3) is 10.8 Å². The highest BCUT2D eigenvalue weighted by atomic mass is 19.1. The molecule has 1 heterocycles. The first-order valence-electron chi connectivity index (χ1n) is 6.34. The van der Waals surface area contributed by atoms with Gasteiger partial charge in [0.05, 0.1) is 6.20 Å². The molecule has 0 unspecified atom stereocenters. The topological polar surface area (TPSA) is 30.0 Å². The van der Waals surface area contributed by atoms with Crippen molar-refractivity contribution in [3.8, 4) is 0 Å². The molecule has 3 aromatic rings. The number of hydrogen-bond acceptors (Lipinski definition) is 2. The predicted octanol–water partition coefficient (Wildman–Crippen LogP) is 3.80. The van der Waals surface area contributed by atoms with Gasteiger partial charge in [0.15, 0.2) is 5.78 Å². The van der Waals surface area contributed by atoms with Crippen molar-refractivity contribution in [3.05, 3.63) is 77.9 Å². The van der Waals surface area contributed by atoms with Gasteiger partial charge in [0.2, 0.25) is 0 Å². The lowest BCUT2D eigenvalue weighted by molar-refractivity contribution is 0.0992. The molecule has 0 aliphatic heterocycles. The largest absolute Gasteiger partial charge is 0.294 e. The second-order valence-electron chi connectivity index (χ2n) is 4.67. The summed E-state index contributed by atoms with van der Waals surface area (Å²) in [7, 11) is 0. The van der Waals surface area contributed by atoms with Crippen LogP contribution in [0.5, 0.6) is 0 Å². The molecule has 1 aromatic heterocycles. The smallest absolute Gasteiger partial charge is 0.168 e. The Morgan fingerprint density at radius 2 is 1.80 bits per heavy atom. The average molecular weight is 265 g/mol. The molecule has 0 saturated carbocycles. The molecule has 3 heteroatoms. The van der Waals surface area contributed by atoms with Crippen LogP contribution in [0.1, 0.15) is 15.9 Å². The van der Waals surface area contributed by atoms with Gasteiger partial charge in [0.25, 0.3) is 0 Å². The third kappa shape index (κ3) is 2.57. The summed E-state index contributed by atoms with van der Waals surface area (Å²) in [4.78, 5) is 15.8. The fourth-order valence-electron chi connectivity index (χ4n) is 2.20. The number of benzene rings is 2. The van der Waals surface area contributed by atoms with Crippen LogP contribution in [0.15, 0.2) is 60.9 Å². The number of rotatable bonds is 3. The maximum atomic E-state index is 13.1. The lowest BCUT2D eigenvalue weighted by Crippen LogP contribution is -2.04. The van der Waals surface area contributed by atoms with Crippen LogP contribution >= 0.6 is 0 Å². The summed E-state index contributed by atoms with van der Waals surface area (Å²) in [6.07, 6.45) is 2.73. The summed E-state index contributed by atoms with van der Waals surface area (Å²) < 4.78 is 13.1. The number of aromatic nitrogens is 1. The molecule has 0 saturated heterocycles. The van der Waals surface area contributed by atoms with Crippen LogP contribution in [0, 0.1) is 5.82 Å². The summed E-state index contributed by atoms with van der Waals surface area (Å²) in [6.45, 7) is 0. The molecule has 20 heavy (non-hydrogen) atoms. The van der Waals surface area contributed by atoms with E-state index in [0.29, 0.717) is 5.56 Å². The number of nitrogens with zero attached hydrogens (tertiary/aromatic N) is 1. The number of carbonyl (C=O) groups is 1. The number of pyridine rings is 1. The molecule has 0 bridgehead atoms. The van der Waals surface area contributed by atoms with E-state index in [1.165, 1.54) is 12.3 Å². The van der Waals surface area contributed by atoms with Crippen LogP contribution in [-0.2, 0) is 6.42 Å². The highest BCUT2D eigenvalue weighted by Crippen LogP contribution is 2.17. The van der Waals surface area contributed by atoms with E-state index in [9.17, 15) is 9.18 Å². The fraction of sp³-hybridized carbons (Fsp3) is 0.0588. The zero-order valence-corrected chi connectivity index (χ0v) is 10.7. The van der Waals surface area contributed by atoms with Gasteiger partial charge in [-0.3, -0.25) is 9.78 Å². The van der Waals surface area contributed by atoms with Gasteiger partial charge in [0, 0.05) is 18.2 Å². The summed E-state index contributed by atoms with van der Waals surface area (Å²) >= 11 is 0. The van der Waals surface area contributed by atoms with Crippen molar-refractivity contribution in [3.63, 3.8) is 0 Å². The minimum Gasteiger partial charge on any atom is -0.294 e. The zero-order chi connectivity index (χ0) is 13.9. The van der Waals surface area contributed by atoms with Gasteiger partial charge in [-0.1, -0.05) is 42.5 Å². The number of fused-ring (bicyclic) bond motifs is 1. The van der Waals surface area contributed by atoms with Crippen molar-refractivity contribution in [1.82, 2.24) is 4.98 Å². The van der Waals surface area contributed by atoms with E-state index in [0.717, 1.165) is 22.5 Å². The van der Waals surface area contributed by atoms with Crippen molar-refractivity contribution >= 4 is 16.6 Å². The van der Waals surface area contributed by atoms with Crippen LogP contribution in [-0.4, -0.2) is 10.8 Å². The molecule has 2 aromatic carbocycles. The van der Waals surface area contributed by atoms with Gasteiger partial charge in [-0.15, -0.1) is 0 Å². The highest BCUT2D eigenvalue weighted by molar-refractivity contribution is 5.97. The minimum absolute atomic E-state index is 0.132. The predicted molar refractivity (Wildman–Crippen MR) is 76.2 cm³/mol. The van der Waals surface area contributed by atoms with Gasteiger partial charge < -0.3 is 0 Å². The van der Waals surface area contributed by atoms with Crippen molar-refractivity contribution in [2.24, 2.45) is 0 Å². The molecule has 0 aliphatic rings. The second-order valence-corrected chi connectivity index (χ2v) is 4.67. The van der Waals surface area contributed by atoms with Crippen molar-refractivity contribution < 1.29 is 9.18 Å². The Hall–Kier alpha value is -2.55. The monoisotopic (exact) mass is 265 g/mol. The SMILES string of the molecule is O=C(Cc1ccc2ccccc2c1)c1cncc(F)c1. The summed E-state index contributed by atoms with van der Waals surface area (Å²) in [5, 5.41) is 2.23. The van der Waals surface area contributed by atoms with Crippen LogP contribution < -0.4 is 0 Å². The van der Waals surface area contributed by atoms with E-state index < -0.39 is 5.82 Å². The Bertz CT molecular complexity index is 783. The van der Waals surface area contributed by atoms with Gasteiger partial charge in [-0.2, -0.15) is 0 Å². The third-order valence-corrected chi connectivity index (χ3v) is 3.21. The van der Waals surface area contributed by atoms with Crippen molar-refractivity contribution in [2.75, 3.05) is 0 Å². The zero-order valence-electron chi connectivity index (χ0n) is 10.7. The molecule has 3 rings (SSSR count). The van der Waals surface area contributed by atoms with Crippen molar-refractivity contribution in [2.45, 2.75) is 6.42 Å². The van der Waals surface area contributed by atoms with E-state index in [1.807, 2.05) is 42.5 Å². The number of Topliss-reactive ketones (excluding diaryl/α,β-unsaturated/α-hetero) is 1. The van der Waals surface area contributed by atoms with Gasteiger partial charge in [0.1, 0.15) is 5.82 Å². The van der Waals surface area contributed by atoms with Crippen LogP contribution in [0.4, 0.5) is 4.39 Å². The van der Waals surface area contributed by atoms with Gasteiger partial charge in [-0.05, 0) is 22.4 Å². The van der Waals surface area contributed by atoms with E-state index in [4.69, 9.17) is 0 Å². The lowest BCUT2D eigenvalue weighted by atomic mass is 10.0. The standard InChI is InChI=1S/C17H12FNO/c18-16-9-15(10-19-11-16)17(20)8-12-5-6-13-3-1-2-4-14(13)7-12/h1-7,9-11H,8H2. The Morgan fingerprint density at radius 1 is 1.00 bits per heavy atom. The maximum Gasteiger partial charge on any atom is 0.168 e. The molecule has 98 valence electrons. The molecule has 0 spiro atoms. The molecule has 0 amide bonds. The first kappa shape index (κ1) is 12.5. The first-order chi connectivity index (χ1) is 9.72. The molecule has 0 atom stereocenters. The molecule has 2 nitrogen and oxygen atoms in total. The normalized spacial score (nSPS) is 10.7. The molecular weight excluding hydrogens is 253 g/mol.